The number of amides is 2. The molecular weight excluding hydrogens is 447 g/mol. The van der Waals surface area contributed by atoms with Crippen LogP contribution in [0.25, 0.3) is 0 Å². The summed E-state index contributed by atoms with van der Waals surface area (Å²) in [6.45, 7) is -0.00122. The van der Waals surface area contributed by atoms with Gasteiger partial charge in [0.2, 0.25) is 5.91 Å². The lowest BCUT2D eigenvalue weighted by molar-refractivity contribution is -0.142. The minimum absolute atomic E-state index is 0.248. The van der Waals surface area contributed by atoms with Crippen molar-refractivity contribution in [3.63, 3.8) is 0 Å². The van der Waals surface area contributed by atoms with Crippen molar-refractivity contribution in [1.82, 2.24) is 10.2 Å². The lowest BCUT2D eigenvalue weighted by Gasteiger charge is -2.31. The highest BCUT2D eigenvalue weighted by Crippen LogP contribution is 2.27. The first kappa shape index (κ1) is 23.6. The predicted octanol–water partition coefficient (Wildman–Crippen LogP) is 4.76. The van der Waals surface area contributed by atoms with Gasteiger partial charge in [-0.2, -0.15) is 0 Å². The maximum Gasteiger partial charge on any atom is 0.261 e. The molecule has 166 valence electrons. The van der Waals surface area contributed by atoms with Crippen LogP contribution in [-0.2, 0) is 22.6 Å². The van der Waals surface area contributed by atoms with Gasteiger partial charge < -0.3 is 15.0 Å². The van der Waals surface area contributed by atoms with E-state index in [0.29, 0.717) is 22.2 Å². The standard InChI is InChI=1S/C25H24Cl2N2O3/c1-28-25(31)22(14-18-8-4-2-5-9-18)29(16-19-10-6-3-7-11-19)24(30)17-32-23-13-12-20(26)15-21(23)27/h2-13,15,22H,14,16-17H2,1H3,(H,28,31). The Balaban J connectivity index is 1.86. The lowest BCUT2D eigenvalue weighted by atomic mass is 10.0. The molecule has 0 aliphatic carbocycles. The van der Waals surface area contributed by atoms with E-state index >= 15 is 0 Å². The third-order valence-corrected chi connectivity index (χ3v) is 5.49. The normalized spacial score (nSPS) is 11.5. The van der Waals surface area contributed by atoms with Crippen LogP contribution in [0.2, 0.25) is 10.0 Å². The second-order valence-corrected chi connectivity index (χ2v) is 8.03. The average Bonchev–Trinajstić information content (AvgIpc) is 2.81. The molecule has 2 amide bonds. The molecule has 0 radical (unpaired) electrons. The van der Waals surface area contributed by atoms with Crippen LogP contribution in [0, 0.1) is 0 Å². The first-order chi connectivity index (χ1) is 15.5. The first-order valence-electron chi connectivity index (χ1n) is 10.1. The Bertz CT molecular complexity index is 1050. The van der Waals surface area contributed by atoms with Gasteiger partial charge in [-0.05, 0) is 29.3 Å². The fraction of sp³-hybridized carbons (Fsp3) is 0.200. The maximum atomic E-state index is 13.3. The first-order valence-corrected chi connectivity index (χ1v) is 10.9. The monoisotopic (exact) mass is 470 g/mol. The quantitative estimate of drug-likeness (QED) is 0.490. The molecule has 1 N–H and O–H groups in total. The summed E-state index contributed by atoms with van der Waals surface area (Å²) in [4.78, 5) is 27.7. The Morgan fingerprint density at radius 3 is 2.16 bits per heavy atom. The molecule has 3 rings (SSSR count). The molecule has 0 aliphatic rings. The van der Waals surface area contributed by atoms with Crippen molar-refractivity contribution in [2.75, 3.05) is 13.7 Å². The van der Waals surface area contributed by atoms with Crippen LogP contribution >= 0.6 is 23.2 Å². The van der Waals surface area contributed by atoms with Gasteiger partial charge in [-0.3, -0.25) is 9.59 Å². The minimum atomic E-state index is -0.709. The summed E-state index contributed by atoms with van der Waals surface area (Å²) in [5.41, 5.74) is 1.86. The molecule has 1 unspecified atom stereocenters. The molecule has 0 bridgehead atoms. The van der Waals surface area contributed by atoms with Crippen molar-refractivity contribution in [3.8, 4) is 5.75 Å². The Morgan fingerprint density at radius 2 is 1.56 bits per heavy atom. The molecule has 32 heavy (non-hydrogen) atoms. The number of nitrogens with one attached hydrogen (secondary N) is 1. The van der Waals surface area contributed by atoms with E-state index in [0.717, 1.165) is 11.1 Å². The van der Waals surface area contributed by atoms with Crippen molar-refractivity contribution >= 4 is 35.0 Å². The van der Waals surface area contributed by atoms with Crippen molar-refractivity contribution in [3.05, 3.63) is 100 Å². The topological polar surface area (TPSA) is 58.6 Å². The average molecular weight is 471 g/mol. The number of nitrogens with zero attached hydrogens (tertiary/aromatic N) is 1. The number of halogens is 2. The molecule has 0 fully saturated rings. The Hall–Kier alpha value is -3.02. The van der Waals surface area contributed by atoms with Gasteiger partial charge >= 0.3 is 0 Å². The van der Waals surface area contributed by atoms with Crippen molar-refractivity contribution in [2.45, 2.75) is 19.0 Å². The van der Waals surface area contributed by atoms with Crippen LogP contribution in [0.15, 0.2) is 78.9 Å². The smallest absolute Gasteiger partial charge is 0.261 e. The summed E-state index contributed by atoms with van der Waals surface area (Å²) < 4.78 is 5.67. The van der Waals surface area contributed by atoms with Crippen LogP contribution in [0.1, 0.15) is 11.1 Å². The number of carbonyl (C=O) groups excluding carboxylic acids is 2. The lowest BCUT2D eigenvalue weighted by Crippen LogP contribution is -2.51. The number of hydrogen-bond acceptors (Lipinski definition) is 3. The number of rotatable bonds is 9. The molecule has 0 aliphatic heterocycles. The number of benzene rings is 3. The van der Waals surface area contributed by atoms with E-state index in [2.05, 4.69) is 5.32 Å². The summed E-state index contributed by atoms with van der Waals surface area (Å²) in [6.07, 6.45) is 0.376. The molecule has 3 aromatic carbocycles. The summed E-state index contributed by atoms with van der Waals surface area (Å²) in [6, 6.07) is 23.2. The van der Waals surface area contributed by atoms with E-state index in [9.17, 15) is 9.59 Å². The Labute approximate surface area is 197 Å². The minimum Gasteiger partial charge on any atom is -0.482 e. The van der Waals surface area contributed by atoms with E-state index < -0.39 is 6.04 Å². The molecule has 0 saturated heterocycles. The third kappa shape index (κ3) is 6.49. The predicted molar refractivity (Wildman–Crippen MR) is 127 cm³/mol. The van der Waals surface area contributed by atoms with Gasteiger partial charge in [0.15, 0.2) is 6.61 Å². The van der Waals surface area contributed by atoms with Gasteiger partial charge in [0, 0.05) is 25.0 Å². The van der Waals surface area contributed by atoms with Gasteiger partial charge in [-0.1, -0.05) is 83.9 Å². The van der Waals surface area contributed by atoms with E-state index in [-0.39, 0.29) is 25.0 Å². The van der Waals surface area contributed by atoms with Crippen LogP contribution in [0.5, 0.6) is 5.75 Å². The van der Waals surface area contributed by atoms with E-state index in [1.54, 1.807) is 30.1 Å². The van der Waals surface area contributed by atoms with E-state index in [1.165, 1.54) is 0 Å². The van der Waals surface area contributed by atoms with E-state index in [1.807, 2.05) is 60.7 Å². The molecular formula is C25H24Cl2N2O3. The van der Waals surface area contributed by atoms with Crippen LogP contribution in [-0.4, -0.2) is 36.4 Å². The number of likely N-dealkylation sites (N-methyl/N-ethyl adjacent to an activating group) is 1. The fourth-order valence-corrected chi connectivity index (χ4v) is 3.78. The van der Waals surface area contributed by atoms with Crippen molar-refractivity contribution in [1.29, 1.82) is 0 Å². The maximum absolute atomic E-state index is 13.3. The van der Waals surface area contributed by atoms with Crippen LogP contribution in [0.4, 0.5) is 0 Å². The highest BCUT2D eigenvalue weighted by atomic mass is 35.5. The Morgan fingerprint density at radius 1 is 0.938 bits per heavy atom. The molecule has 0 saturated carbocycles. The fourth-order valence-electron chi connectivity index (χ4n) is 3.32. The summed E-state index contributed by atoms with van der Waals surface area (Å²) in [5.74, 6) is -0.226. The number of carbonyl (C=O) groups is 2. The summed E-state index contributed by atoms with van der Waals surface area (Å²) >= 11 is 12.1. The van der Waals surface area contributed by atoms with Gasteiger partial charge in [0.1, 0.15) is 11.8 Å². The highest BCUT2D eigenvalue weighted by molar-refractivity contribution is 6.35. The summed E-state index contributed by atoms with van der Waals surface area (Å²) in [7, 11) is 1.56. The van der Waals surface area contributed by atoms with Gasteiger partial charge in [0.25, 0.3) is 5.91 Å². The largest absolute Gasteiger partial charge is 0.482 e. The molecule has 1 atom stereocenters. The van der Waals surface area contributed by atoms with Crippen molar-refractivity contribution in [2.24, 2.45) is 0 Å². The van der Waals surface area contributed by atoms with Gasteiger partial charge in [-0.15, -0.1) is 0 Å². The number of hydrogen-bond donors (Lipinski definition) is 1. The molecule has 0 spiro atoms. The molecule has 5 nitrogen and oxygen atoms in total. The van der Waals surface area contributed by atoms with Gasteiger partial charge in [-0.25, -0.2) is 0 Å². The Kier molecular flexibility index (Phi) is 8.54. The molecule has 0 aromatic heterocycles. The number of ether oxygens (including phenoxy) is 1. The highest BCUT2D eigenvalue weighted by Gasteiger charge is 2.30. The second-order valence-electron chi connectivity index (χ2n) is 7.19. The zero-order valence-electron chi connectivity index (χ0n) is 17.6. The van der Waals surface area contributed by atoms with Crippen LogP contribution < -0.4 is 10.1 Å². The zero-order chi connectivity index (χ0) is 22.9. The van der Waals surface area contributed by atoms with Crippen molar-refractivity contribution < 1.29 is 14.3 Å². The zero-order valence-corrected chi connectivity index (χ0v) is 19.1. The van der Waals surface area contributed by atoms with Gasteiger partial charge in [0.05, 0.1) is 5.02 Å². The second kappa shape index (κ2) is 11.6. The van der Waals surface area contributed by atoms with Crippen LogP contribution in [0.3, 0.4) is 0 Å². The molecule has 7 heteroatoms. The third-order valence-electron chi connectivity index (χ3n) is 4.96. The van der Waals surface area contributed by atoms with E-state index in [4.69, 9.17) is 27.9 Å². The summed E-state index contributed by atoms with van der Waals surface area (Å²) in [5, 5.41) is 3.47. The molecule has 3 aromatic rings. The SMILES string of the molecule is CNC(=O)C(Cc1ccccc1)N(Cc1ccccc1)C(=O)COc1ccc(Cl)cc1Cl. The molecule has 0 heterocycles.